The molecule has 3 atom stereocenters. The number of rotatable bonds is 3. The van der Waals surface area contributed by atoms with E-state index in [-0.39, 0.29) is 42.3 Å². The summed E-state index contributed by atoms with van der Waals surface area (Å²) in [5.41, 5.74) is 2.16. The molecule has 5 rings (SSSR count). The Kier molecular flexibility index (Phi) is 7.85. The largest absolute Gasteiger partial charge is 0.378 e. The van der Waals surface area contributed by atoms with Crippen LogP contribution in [0.1, 0.15) is 36.4 Å². The molecule has 7 nitrogen and oxygen atoms in total. The van der Waals surface area contributed by atoms with Gasteiger partial charge in [0.05, 0.1) is 19.3 Å². The molecule has 0 spiro atoms. The number of halogens is 2. The zero-order valence-corrected chi connectivity index (χ0v) is 18.9. The zero-order chi connectivity index (χ0) is 19.1. The molecular weight excluding hydrogens is 427 g/mol. The number of carbonyl (C=O) groups excluding carboxylic acids is 1. The number of hydrogen-bond acceptors (Lipinski definition) is 5. The fraction of sp³-hybridized carbons (Fsp3) is 0.714. The molecule has 3 fully saturated rings. The lowest BCUT2D eigenvalue weighted by Crippen LogP contribution is -2.50. The first-order chi connectivity index (χ1) is 13.7. The molecule has 168 valence electrons. The summed E-state index contributed by atoms with van der Waals surface area (Å²) in [6, 6.07) is 4.07. The topological polar surface area (TPSA) is 66.8 Å². The summed E-state index contributed by atoms with van der Waals surface area (Å²) in [5.74, 6) is 1.22. The van der Waals surface area contributed by atoms with E-state index in [0.29, 0.717) is 44.7 Å². The number of pyridine rings is 1. The third-order valence-corrected chi connectivity index (χ3v) is 6.93. The number of carbonyl (C=O) groups is 1. The second kappa shape index (κ2) is 10.0. The minimum absolute atomic E-state index is 0. The third-order valence-electron chi connectivity index (χ3n) is 6.93. The molecule has 4 aliphatic heterocycles. The van der Waals surface area contributed by atoms with Gasteiger partial charge in [-0.15, -0.1) is 24.8 Å². The Morgan fingerprint density at radius 2 is 1.93 bits per heavy atom. The fourth-order valence-corrected chi connectivity index (χ4v) is 5.46. The van der Waals surface area contributed by atoms with Gasteiger partial charge in [0.1, 0.15) is 0 Å². The van der Waals surface area contributed by atoms with E-state index in [2.05, 4.69) is 16.3 Å². The van der Waals surface area contributed by atoms with Gasteiger partial charge in [-0.3, -0.25) is 14.5 Å². The van der Waals surface area contributed by atoms with E-state index in [4.69, 9.17) is 4.74 Å². The van der Waals surface area contributed by atoms with Gasteiger partial charge >= 0.3 is 0 Å². The van der Waals surface area contributed by atoms with Gasteiger partial charge in [-0.2, -0.15) is 0 Å². The van der Waals surface area contributed by atoms with Crippen LogP contribution in [0, 0.1) is 5.92 Å². The molecule has 1 aromatic heterocycles. The molecule has 5 heterocycles. The molecule has 3 saturated heterocycles. The summed E-state index contributed by atoms with van der Waals surface area (Å²) < 4.78 is 7.40. The number of ether oxygens (including phenoxy) is 1. The number of fused-ring (bicyclic) bond motifs is 4. The highest BCUT2D eigenvalue weighted by Crippen LogP contribution is 2.32. The van der Waals surface area contributed by atoms with Gasteiger partial charge in [-0.05, 0) is 44.3 Å². The maximum atomic E-state index is 13.2. The maximum Gasteiger partial charge on any atom is 0.255 e. The van der Waals surface area contributed by atoms with Crippen LogP contribution in [0.15, 0.2) is 16.9 Å². The number of hydrogen-bond donors (Lipinski definition) is 1. The molecule has 0 aromatic carbocycles. The van der Waals surface area contributed by atoms with Crippen molar-refractivity contribution in [1.29, 1.82) is 0 Å². The predicted octanol–water partition coefficient (Wildman–Crippen LogP) is 1.22. The van der Waals surface area contributed by atoms with Crippen molar-refractivity contribution in [3.05, 3.63) is 33.7 Å². The lowest BCUT2D eigenvalue weighted by atomic mass is 9.84. The van der Waals surface area contributed by atoms with Gasteiger partial charge in [0.25, 0.3) is 5.56 Å². The molecule has 1 N–H and O–H groups in total. The van der Waals surface area contributed by atoms with Crippen molar-refractivity contribution in [2.45, 2.75) is 44.3 Å². The number of piperidine rings is 1. The van der Waals surface area contributed by atoms with Gasteiger partial charge < -0.3 is 19.5 Å². The standard InChI is InChI=1S/C21H30N4O3.2ClH/c26-20-16(3-4-18-17-10-15(11-22-12-17)13-25(18)20)14-24-5-1-2-19(24)21(27)23-6-8-28-9-7-23;;/h3-4,15,17,19,22H,1-2,5-14H2;2*1H/t15-,17+,19-;;/m0../s1. The van der Waals surface area contributed by atoms with Crippen molar-refractivity contribution < 1.29 is 9.53 Å². The lowest BCUT2D eigenvalue weighted by Gasteiger charge is -2.38. The van der Waals surface area contributed by atoms with Gasteiger partial charge in [-0.25, -0.2) is 0 Å². The lowest BCUT2D eigenvalue weighted by molar-refractivity contribution is -0.140. The minimum atomic E-state index is -0.0953. The van der Waals surface area contributed by atoms with E-state index in [0.717, 1.165) is 44.6 Å². The maximum absolute atomic E-state index is 13.2. The Morgan fingerprint density at radius 3 is 2.73 bits per heavy atom. The van der Waals surface area contributed by atoms with Crippen molar-refractivity contribution in [1.82, 2.24) is 19.7 Å². The van der Waals surface area contributed by atoms with Crippen LogP contribution < -0.4 is 10.9 Å². The average molecular weight is 459 g/mol. The zero-order valence-electron chi connectivity index (χ0n) is 17.3. The van der Waals surface area contributed by atoms with Crippen LogP contribution in [0.4, 0.5) is 0 Å². The molecule has 2 bridgehead atoms. The molecular formula is C21H32Cl2N4O3. The van der Waals surface area contributed by atoms with Gasteiger partial charge in [0, 0.05) is 49.9 Å². The summed E-state index contributed by atoms with van der Waals surface area (Å²) in [6.07, 6.45) is 3.09. The number of nitrogens with one attached hydrogen (secondary N) is 1. The number of aromatic nitrogens is 1. The monoisotopic (exact) mass is 458 g/mol. The smallest absolute Gasteiger partial charge is 0.255 e. The van der Waals surface area contributed by atoms with Crippen LogP contribution in [0.3, 0.4) is 0 Å². The van der Waals surface area contributed by atoms with Crippen molar-refractivity contribution in [2.24, 2.45) is 5.92 Å². The third kappa shape index (κ3) is 4.41. The second-order valence-electron chi connectivity index (χ2n) is 8.72. The Morgan fingerprint density at radius 1 is 1.13 bits per heavy atom. The molecule has 4 aliphatic rings. The van der Waals surface area contributed by atoms with Crippen LogP contribution in [-0.4, -0.2) is 72.3 Å². The highest BCUT2D eigenvalue weighted by molar-refractivity contribution is 5.85. The molecule has 0 unspecified atom stereocenters. The van der Waals surface area contributed by atoms with E-state index in [1.165, 1.54) is 12.1 Å². The van der Waals surface area contributed by atoms with E-state index in [9.17, 15) is 9.59 Å². The number of amides is 1. The van der Waals surface area contributed by atoms with Gasteiger partial charge in [0.15, 0.2) is 0 Å². The SMILES string of the molecule is Cl.Cl.O=C([C@@H]1CCCN1Cc1ccc2n(c1=O)C[C@@H]1CNC[C@H]2C1)N1CCOCC1. The molecule has 1 aromatic rings. The molecule has 0 radical (unpaired) electrons. The Bertz CT molecular complexity index is 812. The summed E-state index contributed by atoms with van der Waals surface area (Å²) in [6.45, 7) is 6.88. The first-order valence-corrected chi connectivity index (χ1v) is 10.7. The van der Waals surface area contributed by atoms with Gasteiger partial charge in [-0.1, -0.05) is 6.07 Å². The minimum Gasteiger partial charge on any atom is -0.378 e. The molecule has 0 saturated carbocycles. The first kappa shape index (κ1) is 23.5. The van der Waals surface area contributed by atoms with Crippen LogP contribution in [0.2, 0.25) is 0 Å². The Labute approximate surface area is 189 Å². The fourth-order valence-electron chi connectivity index (χ4n) is 5.46. The summed E-state index contributed by atoms with van der Waals surface area (Å²) in [5, 5.41) is 3.50. The normalized spacial score (nSPS) is 28.3. The Balaban J connectivity index is 0.00000128. The van der Waals surface area contributed by atoms with Crippen LogP contribution >= 0.6 is 24.8 Å². The average Bonchev–Trinajstić information content (AvgIpc) is 3.19. The van der Waals surface area contributed by atoms with E-state index in [1.54, 1.807) is 0 Å². The highest BCUT2D eigenvalue weighted by Gasteiger charge is 2.35. The summed E-state index contributed by atoms with van der Waals surface area (Å²) >= 11 is 0. The number of morpholine rings is 1. The van der Waals surface area contributed by atoms with Crippen LogP contribution in [-0.2, 0) is 22.6 Å². The highest BCUT2D eigenvalue weighted by atomic mass is 35.5. The van der Waals surface area contributed by atoms with Crippen LogP contribution in [0.5, 0.6) is 0 Å². The number of nitrogens with zero attached hydrogens (tertiary/aromatic N) is 3. The summed E-state index contributed by atoms with van der Waals surface area (Å²) in [4.78, 5) is 30.4. The quantitative estimate of drug-likeness (QED) is 0.737. The van der Waals surface area contributed by atoms with Crippen molar-refractivity contribution in [3.8, 4) is 0 Å². The van der Waals surface area contributed by atoms with Crippen molar-refractivity contribution >= 4 is 30.7 Å². The van der Waals surface area contributed by atoms with E-state index in [1.807, 2.05) is 15.5 Å². The Hall–Kier alpha value is -1.12. The van der Waals surface area contributed by atoms with Crippen LogP contribution in [0.25, 0.3) is 0 Å². The molecule has 1 amide bonds. The molecule has 0 aliphatic carbocycles. The van der Waals surface area contributed by atoms with E-state index < -0.39 is 0 Å². The van der Waals surface area contributed by atoms with Gasteiger partial charge in [0.2, 0.25) is 5.91 Å². The number of likely N-dealkylation sites (tertiary alicyclic amines) is 1. The summed E-state index contributed by atoms with van der Waals surface area (Å²) in [7, 11) is 0. The van der Waals surface area contributed by atoms with Crippen molar-refractivity contribution in [2.75, 3.05) is 45.9 Å². The first-order valence-electron chi connectivity index (χ1n) is 10.7. The predicted molar refractivity (Wildman–Crippen MR) is 120 cm³/mol. The second-order valence-corrected chi connectivity index (χ2v) is 8.72. The molecule has 30 heavy (non-hydrogen) atoms. The van der Waals surface area contributed by atoms with Crippen molar-refractivity contribution in [3.63, 3.8) is 0 Å². The molecule has 9 heteroatoms. The van der Waals surface area contributed by atoms with E-state index >= 15 is 0 Å².